The molecule has 0 bridgehead atoms. The fourth-order valence-electron chi connectivity index (χ4n) is 5.94. The molecule has 6 rings (SSSR count). The third-order valence-electron chi connectivity index (χ3n) is 8.16. The fraction of sp³-hybridized carbons (Fsp3) is 0.414. The number of hydrogen-bond donors (Lipinski definition) is 2. The quantitative estimate of drug-likeness (QED) is 0.359. The number of likely N-dealkylation sites (tertiary alicyclic amines) is 1. The maximum absolute atomic E-state index is 13.6. The number of oxazole rings is 1. The number of aliphatic hydroxyl groups is 1. The summed E-state index contributed by atoms with van der Waals surface area (Å²) in [5, 5.41) is 12.3. The summed E-state index contributed by atoms with van der Waals surface area (Å²) in [7, 11) is 0. The van der Waals surface area contributed by atoms with E-state index in [1.807, 2.05) is 0 Å². The molecule has 0 aliphatic carbocycles. The van der Waals surface area contributed by atoms with Gasteiger partial charge in [0.2, 0.25) is 0 Å². The van der Waals surface area contributed by atoms with E-state index in [4.69, 9.17) is 4.42 Å². The van der Waals surface area contributed by atoms with E-state index in [1.165, 1.54) is 28.8 Å². The van der Waals surface area contributed by atoms with Crippen LogP contribution in [0.5, 0.6) is 0 Å². The second-order valence-electron chi connectivity index (χ2n) is 10.4. The molecule has 2 fully saturated rings. The monoisotopic (exact) mass is 506 g/mol. The number of fused-ring (bicyclic) bond motifs is 1. The van der Waals surface area contributed by atoms with Gasteiger partial charge in [-0.05, 0) is 80.4 Å². The number of halogens is 2. The highest BCUT2D eigenvalue weighted by atomic mass is 19.2. The van der Waals surface area contributed by atoms with Crippen LogP contribution in [0.4, 0.5) is 14.8 Å². The summed E-state index contributed by atoms with van der Waals surface area (Å²) in [5.74, 6) is -0.987. The molecule has 194 valence electrons. The summed E-state index contributed by atoms with van der Waals surface area (Å²) in [6, 6.07) is 12.7. The van der Waals surface area contributed by atoms with E-state index in [0.29, 0.717) is 29.7 Å². The van der Waals surface area contributed by atoms with Crippen LogP contribution < -0.4 is 4.90 Å². The van der Waals surface area contributed by atoms with Gasteiger partial charge in [-0.15, -0.1) is 0 Å². The second kappa shape index (κ2) is 10.3. The Kier molecular flexibility index (Phi) is 6.69. The van der Waals surface area contributed by atoms with Crippen molar-refractivity contribution in [1.82, 2.24) is 14.9 Å². The number of nitrogens with zero attached hydrogens (tertiary/aromatic N) is 3. The number of benzene rings is 2. The number of aromatic nitrogens is 2. The molecule has 2 N–H and O–H groups in total. The third-order valence-corrected chi connectivity index (χ3v) is 8.16. The van der Waals surface area contributed by atoms with Gasteiger partial charge in [-0.1, -0.05) is 18.2 Å². The lowest BCUT2D eigenvalue weighted by molar-refractivity contribution is 0.0447. The van der Waals surface area contributed by atoms with E-state index < -0.39 is 11.6 Å². The lowest BCUT2D eigenvalue weighted by Crippen LogP contribution is -2.44. The van der Waals surface area contributed by atoms with Crippen LogP contribution in [0.25, 0.3) is 22.2 Å². The Morgan fingerprint density at radius 2 is 1.78 bits per heavy atom. The lowest BCUT2D eigenvalue weighted by Gasteiger charge is -2.37. The molecular formula is C29H32F2N4O2. The van der Waals surface area contributed by atoms with Gasteiger partial charge in [-0.25, -0.2) is 8.78 Å². The maximum atomic E-state index is 13.6. The molecule has 1 unspecified atom stereocenters. The summed E-state index contributed by atoms with van der Waals surface area (Å²) >= 11 is 0. The molecule has 8 heteroatoms. The highest BCUT2D eigenvalue weighted by Crippen LogP contribution is 2.34. The summed E-state index contributed by atoms with van der Waals surface area (Å²) in [5.41, 5.74) is 3.58. The van der Waals surface area contributed by atoms with Gasteiger partial charge in [-0.2, -0.15) is 4.98 Å². The van der Waals surface area contributed by atoms with E-state index in [-0.39, 0.29) is 12.0 Å². The number of H-pyrrole nitrogens is 1. The van der Waals surface area contributed by atoms with Gasteiger partial charge in [0.25, 0.3) is 6.01 Å². The van der Waals surface area contributed by atoms with Gasteiger partial charge in [-0.3, -0.25) is 0 Å². The first-order valence-corrected chi connectivity index (χ1v) is 13.2. The first-order valence-electron chi connectivity index (χ1n) is 13.2. The Hall–Kier alpha value is -3.23. The molecule has 4 heterocycles. The standard InChI is InChI=1S/C29H32F2N4O2/c30-24-6-5-21(15-25(24)31)27-18-37-29(33-27)35-13-9-20(10-14-35)28(36)17-34-11-7-19(8-12-34)23-16-32-26-4-2-1-3-22(23)26/h1-6,15-16,18-20,28,32,36H,7-14,17H2. The molecule has 1 atom stereocenters. The molecule has 2 aromatic carbocycles. The number of anilines is 1. The van der Waals surface area contributed by atoms with E-state index in [1.54, 1.807) is 0 Å². The van der Waals surface area contributed by atoms with Crippen molar-refractivity contribution in [2.45, 2.75) is 37.7 Å². The Morgan fingerprint density at radius 3 is 2.57 bits per heavy atom. The van der Waals surface area contributed by atoms with Crippen LogP contribution in [0, 0.1) is 17.6 Å². The number of aliphatic hydroxyl groups excluding tert-OH is 1. The van der Waals surface area contributed by atoms with Crippen LogP contribution in [-0.4, -0.2) is 58.8 Å². The third kappa shape index (κ3) is 5.00. The summed E-state index contributed by atoms with van der Waals surface area (Å²) in [6.45, 7) is 4.20. The molecule has 6 nitrogen and oxygen atoms in total. The number of rotatable bonds is 6. The molecular weight excluding hydrogens is 474 g/mol. The van der Waals surface area contributed by atoms with Crippen molar-refractivity contribution < 1.29 is 18.3 Å². The van der Waals surface area contributed by atoms with Crippen molar-refractivity contribution in [3.8, 4) is 11.3 Å². The topological polar surface area (TPSA) is 68.5 Å². The first kappa shape index (κ1) is 24.1. The van der Waals surface area contributed by atoms with Crippen LogP contribution in [0.1, 0.15) is 37.2 Å². The number of β-amino-alcohol motifs (C(OH)–C–C–N with tert-alkyl or cyclic N) is 1. The van der Waals surface area contributed by atoms with Crippen molar-refractivity contribution in [1.29, 1.82) is 0 Å². The molecule has 2 saturated heterocycles. The van der Waals surface area contributed by atoms with E-state index >= 15 is 0 Å². The van der Waals surface area contributed by atoms with Crippen molar-refractivity contribution >= 4 is 16.9 Å². The number of hydrogen-bond acceptors (Lipinski definition) is 5. The summed E-state index contributed by atoms with van der Waals surface area (Å²) < 4.78 is 32.5. The summed E-state index contributed by atoms with van der Waals surface area (Å²) in [6.07, 6.45) is 7.22. The minimum absolute atomic E-state index is 0.239. The van der Waals surface area contributed by atoms with Crippen LogP contribution in [-0.2, 0) is 0 Å². The smallest absolute Gasteiger partial charge is 0.297 e. The lowest BCUT2D eigenvalue weighted by atomic mass is 9.87. The Balaban J connectivity index is 0.989. The maximum Gasteiger partial charge on any atom is 0.297 e. The highest BCUT2D eigenvalue weighted by molar-refractivity contribution is 5.83. The Labute approximate surface area is 214 Å². The largest absolute Gasteiger partial charge is 0.431 e. The first-order chi connectivity index (χ1) is 18.0. The molecule has 2 aliphatic heterocycles. The minimum atomic E-state index is -0.904. The van der Waals surface area contributed by atoms with Gasteiger partial charge in [0.05, 0.1) is 6.10 Å². The number of nitrogens with one attached hydrogen (secondary N) is 1. The Morgan fingerprint density at radius 1 is 1.00 bits per heavy atom. The van der Waals surface area contributed by atoms with Crippen molar-refractivity contribution in [3.05, 3.63) is 72.1 Å². The normalized spacial score (nSPS) is 19.1. The van der Waals surface area contributed by atoms with E-state index in [0.717, 1.165) is 64.0 Å². The molecule has 2 aromatic heterocycles. The minimum Gasteiger partial charge on any atom is -0.431 e. The summed E-state index contributed by atoms with van der Waals surface area (Å²) in [4.78, 5) is 12.3. The SMILES string of the molecule is OC(CN1CCC(c2c[nH]c3ccccc23)CC1)C1CCN(c2nc(-c3ccc(F)c(F)c3)co2)CC1. The van der Waals surface area contributed by atoms with Crippen LogP contribution in [0.15, 0.2) is 59.3 Å². The van der Waals surface area contributed by atoms with Crippen molar-refractivity contribution in [2.75, 3.05) is 37.6 Å². The fourth-order valence-corrected chi connectivity index (χ4v) is 5.94. The van der Waals surface area contributed by atoms with Gasteiger partial charge in [0, 0.05) is 42.3 Å². The van der Waals surface area contributed by atoms with E-state index in [2.05, 4.69) is 50.2 Å². The van der Waals surface area contributed by atoms with Gasteiger partial charge in [0.15, 0.2) is 11.6 Å². The van der Waals surface area contributed by atoms with Crippen molar-refractivity contribution in [3.63, 3.8) is 0 Å². The average molecular weight is 507 g/mol. The van der Waals surface area contributed by atoms with E-state index in [9.17, 15) is 13.9 Å². The van der Waals surface area contributed by atoms with Gasteiger partial charge >= 0.3 is 0 Å². The molecule has 0 radical (unpaired) electrons. The van der Waals surface area contributed by atoms with Gasteiger partial charge < -0.3 is 24.3 Å². The Bertz CT molecular complexity index is 1350. The molecule has 4 aromatic rings. The zero-order valence-corrected chi connectivity index (χ0v) is 20.7. The van der Waals surface area contributed by atoms with Gasteiger partial charge in [0.1, 0.15) is 12.0 Å². The van der Waals surface area contributed by atoms with Crippen molar-refractivity contribution in [2.24, 2.45) is 5.92 Å². The second-order valence-corrected chi connectivity index (χ2v) is 10.4. The molecule has 0 amide bonds. The van der Waals surface area contributed by atoms with Crippen LogP contribution >= 0.6 is 0 Å². The number of piperidine rings is 2. The predicted octanol–water partition coefficient (Wildman–Crippen LogP) is 5.56. The average Bonchev–Trinajstić information content (AvgIpc) is 3.59. The molecule has 37 heavy (non-hydrogen) atoms. The van der Waals surface area contributed by atoms with Crippen LogP contribution in [0.2, 0.25) is 0 Å². The number of aromatic amines is 1. The molecule has 2 aliphatic rings. The zero-order chi connectivity index (χ0) is 25.4. The number of para-hydroxylation sites is 1. The van der Waals surface area contributed by atoms with Crippen LogP contribution in [0.3, 0.4) is 0 Å². The zero-order valence-electron chi connectivity index (χ0n) is 20.7. The predicted molar refractivity (Wildman–Crippen MR) is 140 cm³/mol. The highest BCUT2D eigenvalue weighted by Gasteiger charge is 2.30. The molecule has 0 spiro atoms. The molecule has 0 saturated carbocycles.